The molecule has 0 aromatic heterocycles. The number of benzene rings is 2. The van der Waals surface area contributed by atoms with Crippen LogP contribution in [0.25, 0.3) is 11.1 Å². The predicted octanol–water partition coefficient (Wildman–Crippen LogP) is 5.59. The fraction of sp³-hybridized carbons (Fsp3) is 0.172. The number of carbonyl (C=O) groups is 4. The van der Waals surface area contributed by atoms with Crippen molar-refractivity contribution in [1.82, 2.24) is 0 Å². The van der Waals surface area contributed by atoms with Crippen molar-refractivity contribution in [3.05, 3.63) is 84.5 Å². The van der Waals surface area contributed by atoms with E-state index in [1.54, 1.807) is 6.92 Å². The van der Waals surface area contributed by atoms with Crippen LogP contribution in [-0.2, 0) is 19.2 Å². The van der Waals surface area contributed by atoms with E-state index in [-0.39, 0.29) is 45.3 Å². The van der Waals surface area contributed by atoms with Crippen molar-refractivity contribution in [1.29, 1.82) is 0 Å². The van der Waals surface area contributed by atoms with Gasteiger partial charge in [0, 0.05) is 34.4 Å². The lowest BCUT2D eigenvalue weighted by atomic mass is 9.98. The molecule has 0 spiro atoms. The van der Waals surface area contributed by atoms with Crippen LogP contribution in [0, 0.1) is 6.92 Å². The summed E-state index contributed by atoms with van der Waals surface area (Å²) in [7, 11) is 0. The Bertz CT molecular complexity index is 1310. The highest BCUT2D eigenvalue weighted by molar-refractivity contribution is 5.92. The zero-order chi connectivity index (χ0) is 28.0. The molecule has 192 valence electrons. The van der Waals surface area contributed by atoms with E-state index in [4.69, 9.17) is 18.9 Å². The fourth-order valence-electron chi connectivity index (χ4n) is 2.74. The standard InChI is InChI=1S/C29H28O8/c1-15(2)26(30)34-21-10-20(11-22(12-21)35-27(31)16(3)4)24-13-23(36-28(32)17(5)6)14-25(19(24)9)37-29(33)18(7)8/h10-14H,1,3,5,7H2,2,4,6,8-9H3. The minimum absolute atomic E-state index is 0.0548. The van der Waals surface area contributed by atoms with Gasteiger partial charge in [-0.15, -0.1) is 0 Å². The van der Waals surface area contributed by atoms with Crippen LogP contribution in [0.15, 0.2) is 78.9 Å². The molecule has 0 N–H and O–H groups in total. The predicted molar refractivity (Wildman–Crippen MR) is 138 cm³/mol. The monoisotopic (exact) mass is 504 g/mol. The van der Waals surface area contributed by atoms with Crippen LogP contribution >= 0.6 is 0 Å². The van der Waals surface area contributed by atoms with Gasteiger partial charge < -0.3 is 18.9 Å². The Balaban J connectivity index is 2.75. The van der Waals surface area contributed by atoms with E-state index in [1.165, 1.54) is 58.0 Å². The van der Waals surface area contributed by atoms with E-state index in [0.29, 0.717) is 16.7 Å². The average molecular weight is 505 g/mol. The van der Waals surface area contributed by atoms with Gasteiger partial charge in [-0.3, -0.25) is 0 Å². The molecule has 0 bridgehead atoms. The largest absolute Gasteiger partial charge is 0.423 e. The van der Waals surface area contributed by atoms with Gasteiger partial charge in [-0.25, -0.2) is 19.2 Å². The van der Waals surface area contributed by atoms with Crippen molar-refractivity contribution >= 4 is 23.9 Å². The smallest absolute Gasteiger partial charge is 0.338 e. The fourth-order valence-corrected chi connectivity index (χ4v) is 2.74. The Morgan fingerprint density at radius 3 is 1.27 bits per heavy atom. The number of carbonyl (C=O) groups excluding carboxylic acids is 4. The third-order valence-corrected chi connectivity index (χ3v) is 4.75. The molecule has 2 rings (SSSR count). The molecule has 0 saturated heterocycles. The van der Waals surface area contributed by atoms with Gasteiger partial charge >= 0.3 is 23.9 Å². The summed E-state index contributed by atoms with van der Waals surface area (Å²) in [6.45, 7) is 21.9. The first-order valence-electron chi connectivity index (χ1n) is 11.0. The lowest BCUT2D eigenvalue weighted by molar-refractivity contribution is -0.131. The summed E-state index contributed by atoms with van der Waals surface area (Å²) in [6.07, 6.45) is 0. The van der Waals surface area contributed by atoms with Gasteiger partial charge in [-0.1, -0.05) is 26.3 Å². The molecule has 0 atom stereocenters. The van der Waals surface area contributed by atoms with Crippen LogP contribution in [0.5, 0.6) is 23.0 Å². The van der Waals surface area contributed by atoms with Gasteiger partial charge in [0.05, 0.1) is 0 Å². The Kier molecular flexibility index (Phi) is 9.10. The molecule has 8 heteroatoms. The second-order valence-electron chi connectivity index (χ2n) is 8.47. The molecular weight excluding hydrogens is 476 g/mol. The molecule has 0 heterocycles. The zero-order valence-electron chi connectivity index (χ0n) is 21.5. The molecule has 0 fully saturated rings. The highest BCUT2D eigenvalue weighted by atomic mass is 16.6. The van der Waals surface area contributed by atoms with Crippen molar-refractivity contribution in [2.75, 3.05) is 0 Å². The third-order valence-electron chi connectivity index (χ3n) is 4.75. The van der Waals surface area contributed by atoms with E-state index in [0.717, 1.165) is 0 Å². The average Bonchev–Trinajstić information content (AvgIpc) is 2.80. The van der Waals surface area contributed by atoms with E-state index in [9.17, 15) is 19.2 Å². The summed E-state index contributed by atoms with van der Waals surface area (Å²) in [5.74, 6) is -2.48. The SMILES string of the molecule is C=C(C)C(=O)Oc1cc(OC(=O)C(=C)C)cc(-c2cc(OC(=O)C(=C)C)cc(OC(=O)C(=C)C)c2C)c1. The molecule has 0 saturated carbocycles. The van der Waals surface area contributed by atoms with Gasteiger partial charge in [0.1, 0.15) is 23.0 Å². The van der Waals surface area contributed by atoms with Crippen molar-refractivity contribution < 1.29 is 38.1 Å². The number of hydrogen-bond acceptors (Lipinski definition) is 8. The van der Waals surface area contributed by atoms with Crippen LogP contribution in [-0.4, -0.2) is 23.9 Å². The lowest BCUT2D eigenvalue weighted by Gasteiger charge is -2.16. The minimum Gasteiger partial charge on any atom is -0.423 e. The summed E-state index contributed by atoms with van der Waals surface area (Å²) in [5.41, 5.74) is 1.94. The van der Waals surface area contributed by atoms with Gasteiger partial charge in [-0.2, -0.15) is 0 Å². The third kappa shape index (κ3) is 7.63. The molecule has 0 aliphatic rings. The molecular formula is C29H28O8. The summed E-state index contributed by atoms with van der Waals surface area (Å²) in [4.78, 5) is 48.8. The molecule has 0 radical (unpaired) electrons. The van der Waals surface area contributed by atoms with E-state index >= 15 is 0 Å². The van der Waals surface area contributed by atoms with Crippen LogP contribution in [0.3, 0.4) is 0 Å². The van der Waals surface area contributed by atoms with Gasteiger partial charge in [-0.05, 0) is 69.5 Å². The van der Waals surface area contributed by atoms with Crippen LogP contribution in [0.1, 0.15) is 33.3 Å². The van der Waals surface area contributed by atoms with Gasteiger partial charge in [0.15, 0.2) is 0 Å². The molecule has 8 nitrogen and oxygen atoms in total. The van der Waals surface area contributed by atoms with Crippen molar-refractivity contribution in [2.24, 2.45) is 0 Å². The lowest BCUT2D eigenvalue weighted by Crippen LogP contribution is -2.12. The maximum atomic E-state index is 12.3. The van der Waals surface area contributed by atoms with Crippen molar-refractivity contribution in [3.8, 4) is 34.1 Å². The Labute approximate surface area is 215 Å². The van der Waals surface area contributed by atoms with Crippen molar-refractivity contribution in [2.45, 2.75) is 34.6 Å². The molecule has 0 aliphatic carbocycles. The van der Waals surface area contributed by atoms with Crippen LogP contribution in [0.4, 0.5) is 0 Å². The number of rotatable bonds is 9. The number of ether oxygens (including phenoxy) is 4. The van der Waals surface area contributed by atoms with Crippen LogP contribution < -0.4 is 18.9 Å². The zero-order valence-corrected chi connectivity index (χ0v) is 21.5. The molecule has 0 aliphatic heterocycles. The number of hydrogen-bond donors (Lipinski definition) is 0. The highest BCUT2D eigenvalue weighted by Gasteiger charge is 2.19. The maximum absolute atomic E-state index is 12.3. The summed E-state index contributed by atoms with van der Waals surface area (Å²) in [5, 5.41) is 0. The number of esters is 4. The van der Waals surface area contributed by atoms with Crippen molar-refractivity contribution in [3.63, 3.8) is 0 Å². The molecule has 37 heavy (non-hydrogen) atoms. The molecule has 2 aromatic carbocycles. The Morgan fingerprint density at radius 1 is 0.541 bits per heavy atom. The molecule has 0 unspecified atom stereocenters. The van der Waals surface area contributed by atoms with Gasteiger partial charge in [0.2, 0.25) is 0 Å². The molecule has 2 aromatic rings. The minimum atomic E-state index is -0.689. The molecule has 0 amide bonds. The second kappa shape index (κ2) is 11.8. The van der Waals surface area contributed by atoms with E-state index < -0.39 is 23.9 Å². The quantitative estimate of drug-likeness (QED) is 0.247. The van der Waals surface area contributed by atoms with Gasteiger partial charge in [0.25, 0.3) is 0 Å². The first kappa shape index (κ1) is 28.5. The van der Waals surface area contributed by atoms with E-state index in [1.807, 2.05) is 0 Å². The first-order chi connectivity index (χ1) is 17.2. The summed E-state index contributed by atoms with van der Waals surface area (Å²) >= 11 is 0. The van der Waals surface area contributed by atoms with E-state index in [2.05, 4.69) is 26.3 Å². The topological polar surface area (TPSA) is 105 Å². The second-order valence-corrected chi connectivity index (χ2v) is 8.47. The maximum Gasteiger partial charge on any atom is 0.338 e. The van der Waals surface area contributed by atoms with Crippen LogP contribution in [0.2, 0.25) is 0 Å². The Morgan fingerprint density at radius 2 is 0.892 bits per heavy atom. The highest BCUT2D eigenvalue weighted by Crippen LogP contribution is 2.39. The normalized spacial score (nSPS) is 10.1. The Hall–Kier alpha value is -4.72. The summed E-state index contributed by atoms with van der Waals surface area (Å²) < 4.78 is 21.6. The first-order valence-corrected chi connectivity index (χ1v) is 11.0. The summed E-state index contributed by atoms with van der Waals surface area (Å²) in [6, 6.07) is 7.28.